The Balaban J connectivity index is 1.86. The van der Waals surface area contributed by atoms with Crippen molar-refractivity contribution in [2.45, 2.75) is 58.0 Å². The summed E-state index contributed by atoms with van der Waals surface area (Å²) in [5.41, 5.74) is 2.89. The first kappa shape index (κ1) is 17.0. The average molecular weight is 328 g/mol. The molecule has 4 heteroatoms. The number of anilines is 1. The summed E-state index contributed by atoms with van der Waals surface area (Å²) in [6.45, 7) is 6.68. The quantitative estimate of drug-likeness (QED) is 0.915. The summed E-state index contributed by atoms with van der Waals surface area (Å²) in [5, 5.41) is 3.44. The van der Waals surface area contributed by atoms with Crippen molar-refractivity contribution in [2.24, 2.45) is 0 Å². The number of hydrogen-bond donors (Lipinski definition) is 1. The highest BCUT2D eigenvalue weighted by Gasteiger charge is 2.35. The van der Waals surface area contributed by atoms with Crippen molar-refractivity contribution in [3.63, 3.8) is 0 Å². The summed E-state index contributed by atoms with van der Waals surface area (Å²) >= 11 is 0. The van der Waals surface area contributed by atoms with E-state index in [2.05, 4.69) is 32.2 Å². The van der Waals surface area contributed by atoms with Gasteiger partial charge in [0.15, 0.2) is 0 Å². The molecule has 1 fully saturated rings. The third-order valence-corrected chi connectivity index (χ3v) is 5.16. The van der Waals surface area contributed by atoms with Gasteiger partial charge in [-0.1, -0.05) is 18.9 Å². The van der Waals surface area contributed by atoms with E-state index in [-0.39, 0.29) is 11.4 Å². The molecule has 3 rings (SSSR count). The van der Waals surface area contributed by atoms with Gasteiger partial charge in [-0.25, -0.2) is 0 Å². The van der Waals surface area contributed by atoms with E-state index < -0.39 is 0 Å². The van der Waals surface area contributed by atoms with Crippen LogP contribution in [0.15, 0.2) is 24.3 Å². The van der Waals surface area contributed by atoms with E-state index in [9.17, 15) is 4.79 Å². The molecule has 2 aliphatic rings. The fourth-order valence-electron chi connectivity index (χ4n) is 4.03. The maximum Gasteiger partial charge on any atom is 0.241 e. The van der Waals surface area contributed by atoms with Crippen LogP contribution in [0, 0.1) is 0 Å². The zero-order valence-corrected chi connectivity index (χ0v) is 15.2. The maximum atomic E-state index is 13.0. The highest BCUT2D eigenvalue weighted by molar-refractivity contribution is 6.01. The van der Waals surface area contributed by atoms with Crippen molar-refractivity contribution in [2.75, 3.05) is 18.6 Å². The number of nitrogens with zero attached hydrogens (tertiary/aromatic N) is 1. The van der Waals surface area contributed by atoms with Gasteiger partial charge in [-0.15, -0.1) is 0 Å². The zero-order chi connectivity index (χ0) is 17.3. The Hall–Kier alpha value is -1.81. The molecule has 1 N–H and O–H groups in total. The number of nitrogens with one attached hydrogen (secondary N) is 1. The number of carbonyl (C=O) groups excluding carboxylic acids is 1. The fraction of sp³-hybridized carbons (Fsp3) is 0.550. The van der Waals surface area contributed by atoms with Crippen LogP contribution in [0.3, 0.4) is 0 Å². The molecule has 1 aromatic carbocycles. The summed E-state index contributed by atoms with van der Waals surface area (Å²) in [4.78, 5) is 14.9. The number of rotatable bonds is 4. The molecule has 0 aromatic heterocycles. The van der Waals surface area contributed by atoms with Crippen LogP contribution in [0.2, 0.25) is 0 Å². The molecule has 1 saturated carbocycles. The topological polar surface area (TPSA) is 41.6 Å². The Morgan fingerprint density at radius 1 is 1.33 bits per heavy atom. The van der Waals surface area contributed by atoms with Gasteiger partial charge in [0, 0.05) is 11.6 Å². The lowest BCUT2D eigenvalue weighted by atomic mass is 9.88. The van der Waals surface area contributed by atoms with Gasteiger partial charge in [-0.05, 0) is 57.4 Å². The summed E-state index contributed by atoms with van der Waals surface area (Å²) in [6, 6.07) is 6.44. The van der Waals surface area contributed by atoms with E-state index >= 15 is 0 Å². The lowest BCUT2D eigenvalue weighted by molar-refractivity contribution is -0.118. The summed E-state index contributed by atoms with van der Waals surface area (Å²) < 4.78 is 5.35. The maximum absolute atomic E-state index is 13.0. The van der Waals surface area contributed by atoms with Crippen LogP contribution in [-0.4, -0.2) is 31.1 Å². The minimum atomic E-state index is -0.333. The molecular formula is C20H28N2O2. The summed E-state index contributed by atoms with van der Waals surface area (Å²) in [5.74, 6) is 0.944. The number of amides is 1. The highest BCUT2D eigenvalue weighted by atomic mass is 16.5. The van der Waals surface area contributed by atoms with Crippen LogP contribution < -0.4 is 15.0 Å². The molecule has 1 amide bonds. The Labute approximate surface area is 144 Å². The van der Waals surface area contributed by atoms with Gasteiger partial charge in [0.05, 0.1) is 24.9 Å². The van der Waals surface area contributed by atoms with Gasteiger partial charge < -0.3 is 15.0 Å². The second-order valence-electron chi connectivity index (χ2n) is 7.46. The first-order chi connectivity index (χ1) is 11.4. The second kappa shape index (κ2) is 6.60. The Morgan fingerprint density at radius 3 is 2.71 bits per heavy atom. The third kappa shape index (κ3) is 3.20. The third-order valence-electron chi connectivity index (χ3n) is 5.16. The molecule has 0 unspecified atom stereocenters. The van der Waals surface area contributed by atoms with Gasteiger partial charge in [0.1, 0.15) is 5.75 Å². The van der Waals surface area contributed by atoms with Crippen LogP contribution in [0.4, 0.5) is 5.69 Å². The molecule has 0 atom stereocenters. The summed E-state index contributed by atoms with van der Waals surface area (Å²) in [6.07, 6.45) is 7.08. The molecule has 1 aliphatic carbocycles. The minimum absolute atomic E-state index is 0.127. The predicted molar refractivity (Wildman–Crippen MR) is 98.5 cm³/mol. The number of methoxy groups -OCH3 is 1. The van der Waals surface area contributed by atoms with E-state index in [0.29, 0.717) is 12.6 Å². The first-order valence-electron chi connectivity index (χ1n) is 8.86. The van der Waals surface area contributed by atoms with E-state index in [1.54, 1.807) is 7.11 Å². The van der Waals surface area contributed by atoms with Crippen LogP contribution in [-0.2, 0) is 4.79 Å². The molecule has 24 heavy (non-hydrogen) atoms. The van der Waals surface area contributed by atoms with Crippen molar-refractivity contribution < 1.29 is 9.53 Å². The molecule has 1 heterocycles. The number of hydrogen-bond acceptors (Lipinski definition) is 3. The fourth-order valence-corrected chi connectivity index (χ4v) is 4.03. The van der Waals surface area contributed by atoms with Gasteiger partial charge >= 0.3 is 0 Å². The number of carbonyl (C=O) groups is 1. The Morgan fingerprint density at radius 2 is 2.04 bits per heavy atom. The SMILES string of the molecule is COc1ccc2c(c1)C(C)=CC(C)(C)N2C(=O)CNC1CCCC1. The van der Waals surface area contributed by atoms with Crippen molar-refractivity contribution in [1.82, 2.24) is 5.32 Å². The molecule has 4 nitrogen and oxygen atoms in total. The van der Waals surface area contributed by atoms with Crippen LogP contribution in [0.5, 0.6) is 5.75 Å². The smallest absolute Gasteiger partial charge is 0.241 e. The van der Waals surface area contributed by atoms with Crippen molar-refractivity contribution in [3.8, 4) is 5.75 Å². The molecule has 0 radical (unpaired) electrons. The largest absolute Gasteiger partial charge is 0.497 e. The minimum Gasteiger partial charge on any atom is -0.497 e. The van der Waals surface area contributed by atoms with E-state index in [4.69, 9.17) is 4.74 Å². The van der Waals surface area contributed by atoms with Gasteiger partial charge in [-0.2, -0.15) is 0 Å². The molecular weight excluding hydrogens is 300 g/mol. The van der Waals surface area contributed by atoms with E-state index in [1.165, 1.54) is 31.3 Å². The van der Waals surface area contributed by atoms with Gasteiger partial charge in [0.2, 0.25) is 5.91 Å². The van der Waals surface area contributed by atoms with Crippen molar-refractivity contribution in [1.29, 1.82) is 0 Å². The lowest BCUT2D eigenvalue weighted by Crippen LogP contribution is -2.52. The monoisotopic (exact) mass is 328 g/mol. The average Bonchev–Trinajstić information content (AvgIpc) is 3.05. The zero-order valence-electron chi connectivity index (χ0n) is 15.2. The molecule has 0 saturated heterocycles. The van der Waals surface area contributed by atoms with Crippen LogP contribution >= 0.6 is 0 Å². The number of allylic oxidation sites excluding steroid dienone is 1. The highest BCUT2D eigenvalue weighted by Crippen LogP contribution is 2.40. The Bertz CT molecular complexity index is 658. The van der Waals surface area contributed by atoms with Crippen LogP contribution in [0.1, 0.15) is 52.0 Å². The van der Waals surface area contributed by atoms with Crippen LogP contribution in [0.25, 0.3) is 5.57 Å². The molecule has 1 aromatic rings. The second-order valence-corrected chi connectivity index (χ2v) is 7.46. The van der Waals surface area contributed by atoms with Crippen molar-refractivity contribution >= 4 is 17.2 Å². The standard InChI is InChI=1S/C20H28N2O2/c1-14-12-20(2,3)22(18-10-9-16(24-4)11-17(14)18)19(23)13-21-15-7-5-6-8-15/h9-12,15,21H,5-8,13H2,1-4H3. The molecule has 0 bridgehead atoms. The van der Waals surface area contributed by atoms with Gasteiger partial charge in [0.25, 0.3) is 0 Å². The number of benzene rings is 1. The summed E-state index contributed by atoms with van der Waals surface area (Å²) in [7, 11) is 1.67. The van der Waals surface area contributed by atoms with Crippen molar-refractivity contribution in [3.05, 3.63) is 29.8 Å². The number of fused-ring (bicyclic) bond motifs is 1. The normalized spacial score (nSPS) is 19.8. The first-order valence-corrected chi connectivity index (χ1v) is 8.86. The van der Waals surface area contributed by atoms with E-state index in [0.717, 1.165) is 17.0 Å². The Kier molecular flexibility index (Phi) is 4.68. The molecule has 1 aliphatic heterocycles. The molecule has 0 spiro atoms. The lowest BCUT2D eigenvalue weighted by Gasteiger charge is -2.42. The molecule has 130 valence electrons. The van der Waals surface area contributed by atoms with Gasteiger partial charge in [-0.3, -0.25) is 4.79 Å². The predicted octanol–water partition coefficient (Wildman–Crippen LogP) is 3.76. The van der Waals surface area contributed by atoms with E-state index in [1.807, 2.05) is 23.1 Å². The number of ether oxygens (including phenoxy) is 1.